The Labute approximate surface area is 387 Å². The van der Waals surface area contributed by atoms with Crippen molar-refractivity contribution in [1.29, 1.82) is 0 Å². The number of carbonyl (C=O) groups excluding carboxylic acids is 1. The summed E-state index contributed by atoms with van der Waals surface area (Å²) in [6, 6.07) is 10.5. The molecule has 0 spiro atoms. The van der Waals surface area contributed by atoms with Crippen LogP contribution in [0.15, 0.2) is 60.9 Å². The molecule has 2 aliphatic heterocycles. The van der Waals surface area contributed by atoms with Crippen LogP contribution in [0.2, 0.25) is 20.1 Å². The first-order valence-corrected chi connectivity index (χ1v) is 21.1. The van der Waals surface area contributed by atoms with Crippen molar-refractivity contribution in [3.05, 3.63) is 84.6 Å². The first-order chi connectivity index (χ1) is 28.9. The van der Waals surface area contributed by atoms with Gasteiger partial charge in [0.15, 0.2) is 23.1 Å². The van der Waals surface area contributed by atoms with Crippen molar-refractivity contribution in [3.8, 4) is 28.7 Å². The van der Waals surface area contributed by atoms with Gasteiger partial charge in [-0.3, -0.25) is 0 Å². The van der Waals surface area contributed by atoms with Crippen LogP contribution in [0.1, 0.15) is 46.5 Å². The SMILES string of the molecule is CC(C)(C)OC(=O)NC1CCN(c2nccc(I)c2Cl)CC1.NC1CCN(c2nccc(Oc3ccc(Cl)c(OC(F)(F)F)c3)c2Cl)CC1.Oc1ccc(Cl)c(OC(F)(F)F)c1. The first kappa shape index (κ1) is 50.9. The summed E-state index contributed by atoms with van der Waals surface area (Å²) in [4.78, 5) is 24.6. The number of halogens is 11. The van der Waals surface area contributed by atoms with E-state index in [4.69, 9.17) is 66.7 Å². The van der Waals surface area contributed by atoms with Crippen molar-refractivity contribution < 1.29 is 55.2 Å². The van der Waals surface area contributed by atoms with E-state index in [0.29, 0.717) is 23.9 Å². The van der Waals surface area contributed by atoms with E-state index in [9.17, 15) is 31.1 Å². The molecule has 1 amide bonds. The minimum absolute atomic E-state index is 0.0957. The van der Waals surface area contributed by atoms with Gasteiger partial charge in [0.05, 0.1) is 15.1 Å². The van der Waals surface area contributed by atoms with Crippen LogP contribution in [0.3, 0.4) is 0 Å². The number of alkyl halides is 6. The number of alkyl carbamates (subject to hydrolysis) is 1. The van der Waals surface area contributed by atoms with Crippen molar-refractivity contribution in [2.24, 2.45) is 5.73 Å². The first-order valence-electron chi connectivity index (χ1n) is 18.5. The van der Waals surface area contributed by atoms with Gasteiger partial charge in [0.25, 0.3) is 0 Å². The highest BCUT2D eigenvalue weighted by molar-refractivity contribution is 14.1. The lowest BCUT2D eigenvalue weighted by Crippen LogP contribution is -2.46. The second-order valence-corrected chi connectivity index (χ2v) is 17.2. The summed E-state index contributed by atoms with van der Waals surface area (Å²) in [6.07, 6.45) is -3.39. The quantitative estimate of drug-likeness (QED) is 0.120. The van der Waals surface area contributed by atoms with Crippen LogP contribution >= 0.6 is 69.0 Å². The highest BCUT2D eigenvalue weighted by Crippen LogP contribution is 2.40. The number of phenols is 1. The number of amides is 1. The Hall–Kier alpha value is -3.76. The number of nitrogens with zero attached hydrogens (tertiary/aromatic N) is 4. The number of pyridine rings is 2. The molecular weight excluding hydrogens is 1030 g/mol. The predicted octanol–water partition coefficient (Wildman–Crippen LogP) is 11.8. The smallest absolute Gasteiger partial charge is 0.508 e. The maximum atomic E-state index is 12.5. The number of nitrogens with two attached hydrogens (primary N) is 1. The summed E-state index contributed by atoms with van der Waals surface area (Å²) >= 11 is 26.0. The Balaban J connectivity index is 0.000000217. The lowest BCUT2D eigenvalue weighted by Gasteiger charge is -2.34. The van der Waals surface area contributed by atoms with Gasteiger partial charge in [-0.2, -0.15) is 0 Å². The van der Waals surface area contributed by atoms with Crippen LogP contribution in [0.5, 0.6) is 28.7 Å². The van der Waals surface area contributed by atoms with Gasteiger partial charge in [-0.25, -0.2) is 14.8 Å². The third-order valence-corrected chi connectivity index (χ3v) is 11.1. The van der Waals surface area contributed by atoms with Crippen LogP contribution in [0.4, 0.5) is 42.8 Å². The molecule has 2 aliphatic rings. The van der Waals surface area contributed by atoms with Gasteiger partial charge in [-0.1, -0.05) is 46.4 Å². The molecule has 0 bridgehead atoms. The molecule has 4 N–H and O–H groups in total. The minimum atomic E-state index is -4.86. The van der Waals surface area contributed by atoms with Crippen LogP contribution in [-0.2, 0) is 4.74 Å². The number of aromatic nitrogens is 2. The van der Waals surface area contributed by atoms with Crippen molar-refractivity contribution >= 4 is 86.7 Å². The largest absolute Gasteiger partial charge is 0.573 e. The van der Waals surface area contributed by atoms with Gasteiger partial charge in [-0.05, 0) is 99.4 Å². The molecule has 2 aromatic carbocycles. The van der Waals surface area contributed by atoms with Gasteiger partial charge in [-0.15, -0.1) is 26.3 Å². The molecule has 0 unspecified atom stereocenters. The predicted molar refractivity (Wildman–Crippen MR) is 233 cm³/mol. The number of carbonyl (C=O) groups is 1. The number of hydrogen-bond donors (Lipinski definition) is 3. The number of anilines is 2. The summed E-state index contributed by atoms with van der Waals surface area (Å²) < 4.78 is 91.8. The van der Waals surface area contributed by atoms with Gasteiger partial charge in [0.2, 0.25) is 0 Å². The zero-order valence-electron chi connectivity index (χ0n) is 33.1. The number of benzene rings is 2. The molecule has 23 heteroatoms. The van der Waals surface area contributed by atoms with Gasteiger partial charge in [0, 0.05) is 72.4 Å². The molecule has 62 heavy (non-hydrogen) atoms. The summed E-state index contributed by atoms with van der Waals surface area (Å²) in [7, 11) is 0. The minimum Gasteiger partial charge on any atom is -0.508 e. The van der Waals surface area contributed by atoms with Crippen molar-refractivity contribution in [2.75, 3.05) is 36.0 Å². The van der Waals surface area contributed by atoms with Crippen molar-refractivity contribution in [2.45, 2.75) is 76.9 Å². The van der Waals surface area contributed by atoms with E-state index in [2.05, 4.69) is 52.2 Å². The number of phenolic OH excluding ortho intramolecular Hbond substituents is 1. The van der Waals surface area contributed by atoms with Crippen LogP contribution in [0.25, 0.3) is 0 Å². The summed E-state index contributed by atoms with van der Waals surface area (Å²) in [5.41, 5.74) is 5.44. The molecule has 0 atom stereocenters. The second kappa shape index (κ2) is 22.2. The molecule has 12 nitrogen and oxygen atoms in total. The fourth-order valence-corrected chi connectivity index (χ4v) is 6.95. The summed E-state index contributed by atoms with van der Waals surface area (Å²) in [5.74, 6) is 0.205. The van der Waals surface area contributed by atoms with E-state index in [1.807, 2.05) is 31.7 Å². The fraction of sp³-hybridized carbons (Fsp3) is 0.410. The molecule has 0 saturated carbocycles. The Morgan fingerprint density at radius 1 is 0.758 bits per heavy atom. The lowest BCUT2D eigenvalue weighted by atomic mass is 10.1. The van der Waals surface area contributed by atoms with Crippen LogP contribution in [0, 0.1) is 3.57 Å². The molecule has 2 aromatic heterocycles. The Kier molecular flexibility index (Phi) is 18.2. The van der Waals surface area contributed by atoms with E-state index >= 15 is 0 Å². The van der Waals surface area contributed by atoms with E-state index in [0.717, 1.165) is 72.4 Å². The highest BCUT2D eigenvalue weighted by Gasteiger charge is 2.33. The van der Waals surface area contributed by atoms with Crippen molar-refractivity contribution in [3.63, 3.8) is 0 Å². The average Bonchev–Trinajstić information content (AvgIpc) is 3.16. The molecular formula is C39H41Cl4F6IN6O6. The molecule has 0 radical (unpaired) electrons. The van der Waals surface area contributed by atoms with E-state index < -0.39 is 29.8 Å². The number of nitrogens with one attached hydrogen (secondary N) is 1. The average molecular weight is 1070 g/mol. The van der Waals surface area contributed by atoms with Crippen LogP contribution < -0.4 is 35.1 Å². The van der Waals surface area contributed by atoms with Gasteiger partial charge < -0.3 is 44.9 Å². The molecule has 2 fully saturated rings. The standard InChI is InChI=1S/C17H16Cl2F3N3O2.C15H21ClIN3O2.C7H4ClF3O2/c18-12-2-1-11(9-14(12)27-17(20,21)22)26-13-3-6-24-16(15(13)19)25-7-4-10(23)5-8-25;1-15(2,3)22-14(21)19-10-5-8-20(9-6-10)13-12(16)11(17)4-7-18-13;8-5-2-1-4(12)3-6(5)13-7(9,10)11/h1-3,6,9-10H,4-5,7-8,23H2;4,7,10H,5-6,8-9H2,1-3H3,(H,19,21);1-3,12H. The number of aromatic hydroxyl groups is 1. The third-order valence-electron chi connectivity index (χ3n) is 8.51. The zero-order valence-corrected chi connectivity index (χ0v) is 38.3. The van der Waals surface area contributed by atoms with Crippen molar-refractivity contribution in [1.82, 2.24) is 15.3 Å². The molecule has 340 valence electrons. The number of hydrogen-bond acceptors (Lipinski definition) is 11. The topological polar surface area (TPSA) is 145 Å². The van der Waals surface area contributed by atoms with Gasteiger partial charge >= 0.3 is 18.8 Å². The number of rotatable bonds is 7. The van der Waals surface area contributed by atoms with E-state index in [1.54, 1.807) is 6.20 Å². The highest BCUT2D eigenvalue weighted by atomic mass is 127. The second-order valence-electron chi connectivity index (χ2n) is 14.5. The molecule has 0 aliphatic carbocycles. The van der Waals surface area contributed by atoms with Gasteiger partial charge in [0.1, 0.15) is 27.9 Å². The van der Waals surface area contributed by atoms with E-state index in [-0.39, 0.29) is 50.5 Å². The lowest BCUT2D eigenvalue weighted by molar-refractivity contribution is -0.275. The molecule has 4 heterocycles. The number of piperidine rings is 2. The molecule has 2 saturated heterocycles. The number of ether oxygens (including phenoxy) is 4. The summed E-state index contributed by atoms with van der Waals surface area (Å²) in [6.45, 7) is 8.63. The van der Waals surface area contributed by atoms with Crippen LogP contribution in [-0.4, -0.2) is 77.8 Å². The Bertz CT molecular complexity index is 2120. The van der Waals surface area contributed by atoms with E-state index in [1.165, 1.54) is 24.4 Å². The zero-order chi connectivity index (χ0) is 46.0. The normalized spacial score (nSPS) is 15.1. The fourth-order valence-electron chi connectivity index (χ4n) is 5.74. The monoisotopic (exact) mass is 1070 g/mol. The maximum absolute atomic E-state index is 12.5. The molecule has 4 aromatic rings. The third kappa shape index (κ3) is 16.7. The Morgan fingerprint density at radius 2 is 1.26 bits per heavy atom. The maximum Gasteiger partial charge on any atom is 0.573 e. The molecule has 6 rings (SSSR count). The summed E-state index contributed by atoms with van der Waals surface area (Å²) in [5, 5.41) is 12.3. The Morgan fingerprint density at radius 3 is 1.81 bits per heavy atom.